The van der Waals surface area contributed by atoms with E-state index < -0.39 is 32.4 Å². The fourth-order valence-electron chi connectivity index (χ4n) is 2.01. The maximum absolute atomic E-state index is 13.0. The van der Waals surface area contributed by atoms with Gasteiger partial charge in [-0.3, -0.25) is 0 Å². The number of hydrogen-bond acceptors (Lipinski definition) is 4. The highest BCUT2D eigenvalue weighted by Gasteiger charge is 2.37. The van der Waals surface area contributed by atoms with Gasteiger partial charge in [0.05, 0.1) is 5.56 Å². The number of alkyl halides is 3. The largest absolute Gasteiger partial charge is 0.488 e. The molecular weight excluding hydrogens is 357 g/mol. The first-order valence-electron chi connectivity index (χ1n) is 7.28. The van der Waals surface area contributed by atoms with Gasteiger partial charge in [0.15, 0.2) is 0 Å². The third kappa shape index (κ3) is 5.12. The molecule has 0 N–H and O–H groups in total. The van der Waals surface area contributed by atoms with E-state index in [2.05, 4.69) is 0 Å². The first kappa shape index (κ1) is 19.1. The molecule has 0 aliphatic heterocycles. The molecule has 0 spiro atoms. The third-order valence-corrected chi connectivity index (χ3v) is 4.22. The third-order valence-electron chi connectivity index (χ3n) is 2.92. The van der Waals surface area contributed by atoms with E-state index in [1.807, 2.05) is 20.8 Å². The second-order valence-corrected chi connectivity index (χ2v) is 7.73. The van der Waals surface area contributed by atoms with Crippen molar-refractivity contribution < 1.29 is 30.5 Å². The van der Waals surface area contributed by atoms with Gasteiger partial charge < -0.3 is 8.92 Å². The number of benzene rings is 2. The minimum absolute atomic E-state index is 0.113. The first-order valence-corrected chi connectivity index (χ1v) is 8.69. The zero-order valence-electron chi connectivity index (χ0n) is 13.8. The summed E-state index contributed by atoms with van der Waals surface area (Å²) in [6, 6.07) is 9.44. The van der Waals surface area contributed by atoms with Gasteiger partial charge in [0, 0.05) is 0 Å². The fraction of sp³-hybridized carbons (Fsp3) is 0.294. The Balaban J connectivity index is 2.28. The fourth-order valence-corrected chi connectivity index (χ4v) is 3.16. The predicted molar refractivity (Wildman–Crippen MR) is 86.1 cm³/mol. The van der Waals surface area contributed by atoms with Crippen molar-refractivity contribution in [3.8, 4) is 11.5 Å². The molecule has 0 atom stereocenters. The molecule has 0 heterocycles. The molecule has 2 aromatic carbocycles. The summed E-state index contributed by atoms with van der Waals surface area (Å²) in [6.07, 6.45) is -4.81. The van der Waals surface area contributed by atoms with E-state index in [9.17, 15) is 21.6 Å². The molecule has 2 aromatic rings. The molecular formula is C17H17F3O4S. The van der Waals surface area contributed by atoms with Gasteiger partial charge in [0.2, 0.25) is 0 Å². The second kappa shape index (κ2) is 6.59. The van der Waals surface area contributed by atoms with Crippen LogP contribution in [0.5, 0.6) is 11.5 Å². The monoisotopic (exact) mass is 374 g/mol. The van der Waals surface area contributed by atoms with Crippen LogP contribution in [-0.4, -0.2) is 14.0 Å². The van der Waals surface area contributed by atoms with E-state index in [-0.39, 0.29) is 5.75 Å². The van der Waals surface area contributed by atoms with E-state index in [4.69, 9.17) is 8.92 Å². The summed E-state index contributed by atoms with van der Waals surface area (Å²) in [5.74, 6) is 0.367. The van der Waals surface area contributed by atoms with Crippen molar-refractivity contribution in [1.29, 1.82) is 0 Å². The van der Waals surface area contributed by atoms with E-state index >= 15 is 0 Å². The van der Waals surface area contributed by atoms with Crippen molar-refractivity contribution in [2.24, 2.45) is 0 Å². The molecule has 0 aliphatic rings. The van der Waals surface area contributed by atoms with E-state index in [0.29, 0.717) is 11.8 Å². The van der Waals surface area contributed by atoms with Crippen LogP contribution in [0, 0.1) is 0 Å². The van der Waals surface area contributed by atoms with Crippen LogP contribution in [0.3, 0.4) is 0 Å². The highest BCUT2D eigenvalue weighted by Crippen LogP contribution is 2.35. The molecule has 0 amide bonds. The SMILES string of the molecule is CC(C)(C)Oc1ccc(OS(=O)(=O)c2ccccc2C(F)(F)F)cc1. The lowest BCUT2D eigenvalue weighted by Crippen LogP contribution is -2.22. The van der Waals surface area contributed by atoms with Crippen molar-refractivity contribution in [1.82, 2.24) is 0 Å². The Hall–Kier alpha value is -2.22. The van der Waals surface area contributed by atoms with Gasteiger partial charge in [-0.05, 0) is 57.2 Å². The van der Waals surface area contributed by atoms with E-state index in [0.717, 1.165) is 12.1 Å². The molecule has 0 aromatic heterocycles. The van der Waals surface area contributed by atoms with Crippen LogP contribution in [0.1, 0.15) is 26.3 Å². The lowest BCUT2D eigenvalue weighted by Gasteiger charge is -2.21. The summed E-state index contributed by atoms with van der Waals surface area (Å²) in [6.45, 7) is 5.53. The smallest absolute Gasteiger partial charge is 0.417 e. The van der Waals surface area contributed by atoms with Crippen LogP contribution in [-0.2, 0) is 16.3 Å². The van der Waals surface area contributed by atoms with Gasteiger partial charge in [-0.2, -0.15) is 21.6 Å². The van der Waals surface area contributed by atoms with Crippen LogP contribution in [0.4, 0.5) is 13.2 Å². The maximum atomic E-state index is 13.0. The summed E-state index contributed by atoms with van der Waals surface area (Å²) in [7, 11) is -4.64. The molecule has 2 rings (SSSR count). The topological polar surface area (TPSA) is 52.6 Å². The van der Waals surface area contributed by atoms with E-state index in [1.54, 1.807) is 0 Å². The average molecular weight is 374 g/mol. The Morgan fingerprint density at radius 1 is 0.840 bits per heavy atom. The van der Waals surface area contributed by atoms with Gasteiger partial charge in [0.1, 0.15) is 22.0 Å². The number of hydrogen-bond donors (Lipinski definition) is 0. The highest BCUT2D eigenvalue weighted by molar-refractivity contribution is 7.87. The van der Waals surface area contributed by atoms with Crippen LogP contribution in [0.25, 0.3) is 0 Å². The minimum atomic E-state index is -4.81. The van der Waals surface area contributed by atoms with Gasteiger partial charge in [0.25, 0.3) is 0 Å². The van der Waals surface area contributed by atoms with Crippen molar-refractivity contribution in [3.63, 3.8) is 0 Å². The highest BCUT2D eigenvalue weighted by atomic mass is 32.2. The van der Waals surface area contributed by atoms with Gasteiger partial charge in [-0.25, -0.2) is 0 Å². The lowest BCUT2D eigenvalue weighted by molar-refractivity contribution is -0.139. The summed E-state index contributed by atoms with van der Waals surface area (Å²) >= 11 is 0. The Morgan fingerprint density at radius 2 is 1.36 bits per heavy atom. The normalized spacial score (nSPS) is 12.7. The predicted octanol–water partition coefficient (Wildman–Crippen LogP) is 4.65. The van der Waals surface area contributed by atoms with Crippen LogP contribution >= 0.6 is 0 Å². The van der Waals surface area contributed by atoms with Crippen LogP contribution in [0.2, 0.25) is 0 Å². The van der Waals surface area contributed by atoms with Crippen LogP contribution in [0.15, 0.2) is 53.4 Å². The summed E-state index contributed by atoms with van der Waals surface area (Å²) in [5, 5.41) is 0. The maximum Gasteiger partial charge on any atom is 0.417 e. The Bertz CT molecular complexity index is 835. The second-order valence-electron chi connectivity index (χ2n) is 6.22. The van der Waals surface area contributed by atoms with Gasteiger partial charge in [-0.15, -0.1) is 0 Å². The zero-order chi connectivity index (χ0) is 18.9. The van der Waals surface area contributed by atoms with Crippen molar-refractivity contribution in [2.45, 2.75) is 37.4 Å². The Labute approximate surface area is 144 Å². The molecule has 8 heteroatoms. The lowest BCUT2D eigenvalue weighted by atomic mass is 10.2. The molecule has 4 nitrogen and oxygen atoms in total. The quantitative estimate of drug-likeness (QED) is 0.731. The Morgan fingerprint density at radius 3 is 1.88 bits per heavy atom. The molecule has 0 saturated heterocycles. The van der Waals surface area contributed by atoms with Gasteiger partial charge in [-0.1, -0.05) is 12.1 Å². The molecule has 0 unspecified atom stereocenters. The molecule has 136 valence electrons. The molecule has 0 bridgehead atoms. The molecule has 0 aliphatic carbocycles. The number of halogens is 3. The number of ether oxygens (including phenoxy) is 1. The zero-order valence-corrected chi connectivity index (χ0v) is 14.6. The number of rotatable bonds is 4. The standard InChI is InChI=1S/C17H17F3O4S/c1-16(2,3)23-12-8-10-13(11-9-12)24-25(21,22)15-7-5-4-6-14(15)17(18,19)20/h4-11H,1-3H3. The molecule has 25 heavy (non-hydrogen) atoms. The first-order chi connectivity index (χ1) is 11.4. The van der Waals surface area contributed by atoms with Crippen molar-refractivity contribution >= 4 is 10.1 Å². The van der Waals surface area contributed by atoms with Crippen molar-refractivity contribution in [2.75, 3.05) is 0 Å². The summed E-state index contributed by atoms with van der Waals surface area (Å²) in [5.41, 5.74) is -1.72. The summed E-state index contributed by atoms with van der Waals surface area (Å²) in [4.78, 5) is -0.933. The van der Waals surface area contributed by atoms with Gasteiger partial charge >= 0.3 is 16.3 Å². The molecule has 0 saturated carbocycles. The van der Waals surface area contributed by atoms with E-state index in [1.165, 1.54) is 30.3 Å². The molecule has 0 radical (unpaired) electrons. The summed E-state index contributed by atoms with van der Waals surface area (Å²) < 4.78 is 73.8. The average Bonchev–Trinajstić information content (AvgIpc) is 2.47. The molecule has 0 fully saturated rings. The van der Waals surface area contributed by atoms with Crippen molar-refractivity contribution in [3.05, 3.63) is 54.1 Å². The van der Waals surface area contributed by atoms with Crippen LogP contribution < -0.4 is 8.92 Å². The Kier molecular flexibility index (Phi) is 5.04. The minimum Gasteiger partial charge on any atom is -0.488 e.